The van der Waals surface area contributed by atoms with Gasteiger partial charge in [0.05, 0.1) is 22.2 Å². The van der Waals surface area contributed by atoms with Gasteiger partial charge in [-0.3, -0.25) is 4.90 Å². The van der Waals surface area contributed by atoms with Gasteiger partial charge in [0.1, 0.15) is 30.8 Å². The third-order valence-corrected chi connectivity index (χ3v) is 6.74. The average molecular weight is 485 g/mol. The van der Waals surface area contributed by atoms with Crippen molar-refractivity contribution in [3.63, 3.8) is 0 Å². The number of hydrogen-bond acceptors (Lipinski definition) is 4. The van der Waals surface area contributed by atoms with E-state index in [1.54, 1.807) is 6.07 Å². The largest absolute Gasteiger partial charge is 0.492 e. The monoisotopic (exact) mass is 484 g/mol. The fourth-order valence-electron chi connectivity index (χ4n) is 4.32. The molecular weight excluding hydrogens is 459 g/mol. The lowest BCUT2D eigenvalue weighted by Crippen LogP contribution is -2.46. The number of benzene rings is 3. The number of aryl methyl sites for hydroxylation is 1. The minimum atomic E-state index is 0.00549. The van der Waals surface area contributed by atoms with E-state index in [1.807, 2.05) is 31.2 Å². The number of ether oxygens (including phenoxy) is 3. The summed E-state index contributed by atoms with van der Waals surface area (Å²) < 4.78 is 18.2. The number of para-hydroxylation sites is 1. The summed E-state index contributed by atoms with van der Waals surface area (Å²) in [6.45, 7) is 6.19. The molecule has 33 heavy (non-hydrogen) atoms. The molecule has 1 aromatic heterocycles. The highest BCUT2D eigenvalue weighted by Gasteiger charge is 2.22. The molecule has 5 rings (SSSR count). The number of halogens is 2. The lowest BCUT2D eigenvalue weighted by atomic mass is 10.1. The summed E-state index contributed by atoms with van der Waals surface area (Å²) in [5, 5.41) is 3.34. The Kier molecular flexibility index (Phi) is 6.65. The number of H-pyrrole nitrogens is 1. The van der Waals surface area contributed by atoms with E-state index in [9.17, 15) is 0 Å². The lowest BCUT2D eigenvalue weighted by molar-refractivity contribution is -0.0499. The summed E-state index contributed by atoms with van der Waals surface area (Å²) in [7, 11) is 0. The molecule has 0 radical (unpaired) electrons. The summed E-state index contributed by atoms with van der Waals surface area (Å²) in [6.07, 6.45) is 0.00549. The Morgan fingerprint density at radius 3 is 2.73 bits per heavy atom. The average Bonchev–Trinajstić information content (AvgIpc) is 3.20. The summed E-state index contributed by atoms with van der Waals surface area (Å²) >= 11 is 12.2. The minimum Gasteiger partial charge on any atom is -0.492 e. The SMILES string of the molecule is Cc1cc(Cl)c(Cl)cc1OCCN1CCOC(COc2cccc3[nH]c4ccccc4c23)C1. The Labute approximate surface area is 203 Å². The van der Waals surface area contributed by atoms with E-state index in [1.165, 1.54) is 5.39 Å². The summed E-state index contributed by atoms with van der Waals surface area (Å²) in [5.41, 5.74) is 3.17. The molecule has 1 saturated heterocycles. The first-order valence-electron chi connectivity index (χ1n) is 11.1. The molecule has 1 N–H and O–H groups in total. The first-order chi connectivity index (χ1) is 16.1. The van der Waals surface area contributed by atoms with Crippen molar-refractivity contribution in [2.75, 3.05) is 39.5 Å². The van der Waals surface area contributed by atoms with E-state index in [-0.39, 0.29) is 6.10 Å². The highest BCUT2D eigenvalue weighted by atomic mass is 35.5. The molecule has 0 amide bonds. The van der Waals surface area contributed by atoms with Crippen molar-refractivity contribution in [1.29, 1.82) is 0 Å². The first-order valence-corrected chi connectivity index (χ1v) is 11.9. The maximum absolute atomic E-state index is 6.26. The van der Waals surface area contributed by atoms with Crippen LogP contribution in [0.5, 0.6) is 11.5 Å². The van der Waals surface area contributed by atoms with Crippen LogP contribution in [-0.2, 0) is 4.74 Å². The molecule has 0 saturated carbocycles. The molecule has 1 fully saturated rings. The molecule has 3 aromatic carbocycles. The molecule has 0 spiro atoms. The van der Waals surface area contributed by atoms with Gasteiger partial charge in [-0.1, -0.05) is 47.5 Å². The molecule has 1 atom stereocenters. The van der Waals surface area contributed by atoms with Gasteiger partial charge in [0.2, 0.25) is 0 Å². The summed E-state index contributed by atoms with van der Waals surface area (Å²) in [6, 6.07) is 18.0. The van der Waals surface area contributed by atoms with Gasteiger partial charge in [-0.2, -0.15) is 0 Å². The lowest BCUT2D eigenvalue weighted by Gasteiger charge is -2.32. The summed E-state index contributed by atoms with van der Waals surface area (Å²) in [5.74, 6) is 1.65. The van der Waals surface area contributed by atoms with Crippen LogP contribution in [-0.4, -0.2) is 55.4 Å². The van der Waals surface area contributed by atoms with E-state index >= 15 is 0 Å². The predicted octanol–water partition coefficient (Wildman–Crippen LogP) is 6.09. The number of hydrogen-bond donors (Lipinski definition) is 1. The number of fused-ring (bicyclic) bond motifs is 3. The normalized spacial score (nSPS) is 17.0. The molecule has 2 heterocycles. The molecule has 0 aliphatic carbocycles. The van der Waals surface area contributed by atoms with Crippen LogP contribution in [0.1, 0.15) is 5.56 Å². The second-order valence-electron chi connectivity index (χ2n) is 8.33. The number of rotatable bonds is 7. The van der Waals surface area contributed by atoms with Gasteiger partial charge >= 0.3 is 0 Å². The second-order valence-corrected chi connectivity index (χ2v) is 9.15. The first kappa shape index (κ1) is 22.4. The molecule has 1 aliphatic heterocycles. The maximum Gasteiger partial charge on any atom is 0.129 e. The number of morpholine rings is 1. The molecule has 1 aliphatic rings. The third kappa shape index (κ3) is 4.92. The number of aromatic amines is 1. The van der Waals surface area contributed by atoms with Crippen molar-refractivity contribution >= 4 is 45.0 Å². The zero-order valence-electron chi connectivity index (χ0n) is 18.4. The van der Waals surface area contributed by atoms with Crippen molar-refractivity contribution in [2.24, 2.45) is 0 Å². The zero-order valence-corrected chi connectivity index (χ0v) is 20.0. The van der Waals surface area contributed by atoms with E-state index in [2.05, 4.69) is 34.1 Å². The topological polar surface area (TPSA) is 46.7 Å². The molecule has 0 bridgehead atoms. The molecule has 1 unspecified atom stereocenters. The predicted molar refractivity (Wildman–Crippen MR) is 134 cm³/mol. The van der Waals surface area contributed by atoms with Crippen LogP contribution in [0.3, 0.4) is 0 Å². The molecule has 4 aromatic rings. The van der Waals surface area contributed by atoms with Crippen molar-refractivity contribution in [3.05, 3.63) is 70.2 Å². The minimum absolute atomic E-state index is 0.00549. The van der Waals surface area contributed by atoms with Crippen LogP contribution >= 0.6 is 23.2 Å². The number of aromatic nitrogens is 1. The van der Waals surface area contributed by atoms with E-state index in [0.29, 0.717) is 29.9 Å². The summed E-state index contributed by atoms with van der Waals surface area (Å²) in [4.78, 5) is 5.81. The van der Waals surface area contributed by atoms with E-state index < -0.39 is 0 Å². The van der Waals surface area contributed by atoms with E-state index in [0.717, 1.165) is 53.1 Å². The molecular formula is C26H26Cl2N2O3. The van der Waals surface area contributed by atoms with Crippen molar-refractivity contribution < 1.29 is 14.2 Å². The van der Waals surface area contributed by atoms with Crippen molar-refractivity contribution in [3.8, 4) is 11.5 Å². The Hall–Kier alpha value is -2.44. The van der Waals surface area contributed by atoms with Gasteiger partial charge in [-0.15, -0.1) is 0 Å². The van der Waals surface area contributed by atoms with Gasteiger partial charge < -0.3 is 19.2 Å². The Balaban J connectivity index is 1.18. The highest BCUT2D eigenvalue weighted by molar-refractivity contribution is 6.42. The Morgan fingerprint density at radius 2 is 1.82 bits per heavy atom. The zero-order chi connectivity index (χ0) is 22.8. The maximum atomic E-state index is 6.26. The van der Waals surface area contributed by atoms with Crippen molar-refractivity contribution in [1.82, 2.24) is 9.88 Å². The smallest absolute Gasteiger partial charge is 0.129 e. The van der Waals surface area contributed by atoms with Gasteiger partial charge in [-0.05, 0) is 36.8 Å². The van der Waals surface area contributed by atoms with Crippen LogP contribution in [0, 0.1) is 6.92 Å². The van der Waals surface area contributed by atoms with Gasteiger partial charge in [-0.25, -0.2) is 0 Å². The van der Waals surface area contributed by atoms with Crippen LogP contribution < -0.4 is 9.47 Å². The standard InChI is InChI=1S/C26H26Cl2N2O3/c1-17-13-20(27)21(28)14-25(17)32-12-10-30-9-11-31-18(15-30)16-33-24-8-4-7-23-26(24)19-5-2-3-6-22(19)29-23/h2-8,13-14,18,29H,9-12,15-16H2,1H3. The number of nitrogens with zero attached hydrogens (tertiary/aromatic N) is 1. The Morgan fingerprint density at radius 1 is 1.00 bits per heavy atom. The van der Waals surface area contributed by atoms with Gasteiger partial charge in [0.15, 0.2) is 0 Å². The second kappa shape index (κ2) is 9.82. The van der Waals surface area contributed by atoms with Crippen LogP contribution in [0.2, 0.25) is 10.0 Å². The van der Waals surface area contributed by atoms with Crippen LogP contribution in [0.4, 0.5) is 0 Å². The fourth-order valence-corrected chi connectivity index (χ4v) is 4.70. The molecule has 172 valence electrons. The molecule has 5 nitrogen and oxygen atoms in total. The number of nitrogens with one attached hydrogen (secondary N) is 1. The van der Waals surface area contributed by atoms with Crippen molar-refractivity contribution in [2.45, 2.75) is 13.0 Å². The van der Waals surface area contributed by atoms with E-state index in [4.69, 9.17) is 37.4 Å². The fraction of sp³-hybridized carbons (Fsp3) is 0.308. The highest BCUT2D eigenvalue weighted by Crippen LogP contribution is 2.33. The molecule has 7 heteroatoms. The quantitative estimate of drug-likeness (QED) is 0.344. The van der Waals surface area contributed by atoms with Crippen LogP contribution in [0.25, 0.3) is 21.8 Å². The van der Waals surface area contributed by atoms with Crippen LogP contribution in [0.15, 0.2) is 54.6 Å². The van der Waals surface area contributed by atoms with Gasteiger partial charge in [0, 0.05) is 42.0 Å². The van der Waals surface area contributed by atoms with Gasteiger partial charge in [0.25, 0.3) is 0 Å². The Bertz CT molecular complexity index is 1270. The third-order valence-electron chi connectivity index (χ3n) is 6.02.